The number of amides is 1. The molecular weight excluding hydrogens is 354 g/mol. The molecule has 0 aliphatic heterocycles. The lowest BCUT2D eigenvalue weighted by Crippen LogP contribution is -2.28. The Bertz CT molecular complexity index is 976. The molecule has 2 heteroatoms. The predicted molar refractivity (Wildman–Crippen MR) is 125 cm³/mol. The first-order valence-electron chi connectivity index (χ1n) is 10.4. The second kappa shape index (κ2) is 9.26. The molecule has 0 radical (unpaired) electrons. The highest BCUT2D eigenvalue weighted by Gasteiger charge is 2.22. The van der Waals surface area contributed by atoms with Crippen LogP contribution in [-0.4, -0.2) is 17.9 Å². The number of allylic oxidation sites excluding steroid dienone is 3. The summed E-state index contributed by atoms with van der Waals surface area (Å²) in [6, 6.07) is 10.5. The van der Waals surface area contributed by atoms with E-state index in [0.29, 0.717) is 5.92 Å². The third kappa shape index (κ3) is 4.37. The Labute approximate surface area is 177 Å². The number of carbonyl (C=O) groups excluding carboxylic acids is 1. The number of benzene rings is 2. The molecule has 0 saturated carbocycles. The Hall–Kier alpha value is -2.61. The van der Waals surface area contributed by atoms with Gasteiger partial charge in [0.05, 0.1) is 0 Å². The van der Waals surface area contributed by atoms with Crippen LogP contribution in [0.4, 0.5) is 0 Å². The summed E-state index contributed by atoms with van der Waals surface area (Å²) < 4.78 is 0. The number of hydrogen-bond acceptors (Lipinski definition) is 1. The lowest BCUT2D eigenvalue weighted by Gasteiger charge is -2.26. The first-order valence-corrected chi connectivity index (χ1v) is 10.4. The van der Waals surface area contributed by atoms with Gasteiger partial charge in [-0.2, -0.15) is 0 Å². The molecule has 0 saturated heterocycles. The number of hydrogen-bond donors (Lipinski definition) is 0. The van der Waals surface area contributed by atoms with Gasteiger partial charge in [-0.3, -0.25) is 4.79 Å². The van der Waals surface area contributed by atoms with Gasteiger partial charge < -0.3 is 4.90 Å². The molecule has 2 nitrogen and oxygen atoms in total. The minimum absolute atomic E-state index is 0.0335. The van der Waals surface area contributed by atoms with Gasteiger partial charge in [0.2, 0.25) is 0 Å². The minimum Gasteiger partial charge on any atom is -0.311 e. The molecule has 154 valence electrons. The number of carbonyl (C=O) groups is 1. The fourth-order valence-electron chi connectivity index (χ4n) is 4.01. The minimum atomic E-state index is 0.0335. The normalized spacial score (nSPS) is 12.5. The van der Waals surface area contributed by atoms with Crippen LogP contribution >= 0.6 is 0 Å². The van der Waals surface area contributed by atoms with Crippen LogP contribution in [0.15, 0.2) is 53.8 Å². The Balaban J connectivity index is 2.50. The van der Waals surface area contributed by atoms with Crippen LogP contribution in [0.1, 0.15) is 60.3 Å². The summed E-state index contributed by atoms with van der Waals surface area (Å²) in [4.78, 5) is 15.2. The summed E-state index contributed by atoms with van der Waals surface area (Å²) in [5.41, 5.74) is 10.1. The van der Waals surface area contributed by atoms with Gasteiger partial charge in [0.15, 0.2) is 0 Å². The molecular formula is C27H35NO. The van der Waals surface area contributed by atoms with Crippen molar-refractivity contribution in [3.8, 4) is 11.1 Å². The Morgan fingerprint density at radius 1 is 0.862 bits per heavy atom. The largest absolute Gasteiger partial charge is 0.311 e. The summed E-state index contributed by atoms with van der Waals surface area (Å²) in [7, 11) is 1.87. The summed E-state index contributed by atoms with van der Waals surface area (Å²) in [5, 5.41) is 0. The van der Waals surface area contributed by atoms with Crippen LogP contribution in [-0.2, 0) is 0 Å². The standard InChI is InChI=1S/C27H35NO/c1-10-22(17(3)4)26(11-2)28(9)27(29)25-16-15-24(20(7)21(25)8)23-14-12-13-18(5)19(23)6/h10-17H,1-9H3. The number of rotatable bonds is 5. The fourth-order valence-corrected chi connectivity index (χ4v) is 4.01. The van der Waals surface area contributed by atoms with Gasteiger partial charge in [0.1, 0.15) is 0 Å². The molecule has 0 aliphatic carbocycles. The van der Waals surface area contributed by atoms with E-state index in [0.717, 1.165) is 22.4 Å². The molecule has 2 rings (SSSR count). The molecule has 2 aromatic rings. The van der Waals surface area contributed by atoms with Crippen LogP contribution in [0.5, 0.6) is 0 Å². The van der Waals surface area contributed by atoms with Crippen molar-refractivity contribution in [1.29, 1.82) is 0 Å². The monoisotopic (exact) mass is 389 g/mol. The Morgan fingerprint density at radius 2 is 1.48 bits per heavy atom. The molecule has 0 N–H and O–H groups in total. The maximum absolute atomic E-state index is 13.4. The zero-order valence-corrected chi connectivity index (χ0v) is 19.5. The third-order valence-corrected chi connectivity index (χ3v) is 6.08. The van der Waals surface area contributed by atoms with E-state index in [9.17, 15) is 4.79 Å². The lowest BCUT2D eigenvalue weighted by molar-refractivity contribution is 0.0836. The van der Waals surface area contributed by atoms with Crippen molar-refractivity contribution in [1.82, 2.24) is 4.90 Å². The third-order valence-electron chi connectivity index (χ3n) is 6.08. The van der Waals surface area contributed by atoms with E-state index in [1.54, 1.807) is 4.90 Å². The Morgan fingerprint density at radius 3 is 2.03 bits per heavy atom. The summed E-state index contributed by atoms with van der Waals surface area (Å²) in [6.07, 6.45) is 4.13. The lowest BCUT2D eigenvalue weighted by atomic mass is 9.89. The SMILES string of the molecule is CC=C(C(=CC)N(C)C(=O)c1ccc(-c2cccc(C)c2C)c(C)c1C)C(C)C. The van der Waals surface area contributed by atoms with Crippen LogP contribution in [0.25, 0.3) is 11.1 Å². The smallest absolute Gasteiger partial charge is 0.258 e. The average Bonchev–Trinajstić information content (AvgIpc) is 2.69. The quantitative estimate of drug-likeness (QED) is 0.497. The maximum Gasteiger partial charge on any atom is 0.258 e. The van der Waals surface area contributed by atoms with E-state index >= 15 is 0 Å². The molecule has 0 unspecified atom stereocenters. The van der Waals surface area contributed by atoms with Crippen LogP contribution in [0.3, 0.4) is 0 Å². The average molecular weight is 390 g/mol. The van der Waals surface area contributed by atoms with E-state index in [-0.39, 0.29) is 5.91 Å². The molecule has 0 atom stereocenters. The van der Waals surface area contributed by atoms with E-state index in [1.807, 2.05) is 33.0 Å². The maximum atomic E-state index is 13.4. The number of likely N-dealkylation sites (N-methyl/N-ethyl adjacent to an activating group) is 1. The second-order valence-electron chi connectivity index (χ2n) is 8.09. The molecule has 1 amide bonds. The molecule has 0 aromatic heterocycles. The highest BCUT2D eigenvalue weighted by Crippen LogP contribution is 2.32. The molecule has 2 aromatic carbocycles. The van der Waals surface area contributed by atoms with Crippen LogP contribution in [0, 0.1) is 33.6 Å². The topological polar surface area (TPSA) is 20.3 Å². The number of aryl methyl sites for hydroxylation is 1. The first kappa shape index (κ1) is 22.7. The summed E-state index contributed by atoms with van der Waals surface area (Å²) in [6.45, 7) is 16.8. The molecule has 29 heavy (non-hydrogen) atoms. The van der Waals surface area contributed by atoms with Gasteiger partial charge in [0, 0.05) is 18.3 Å². The van der Waals surface area contributed by atoms with Crippen molar-refractivity contribution >= 4 is 5.91 Å². The molecule has 0 bridgehead atoms. The van der Waals surface area contributed by atoms with E-state index in [1.165, 1.54) is 27.8 Å². The van der Waals surface area contributed by atoms with Crippen molar-refractivity contribution in [2.24, 2.45) is 5.92 Å². The van der Waals surface area contributed by atoms with Crippen LogP contribution in [0.2, 0.25) is 0 Å². The molecule has 0 aliphatic rings. The highest BCUT2D eigenvalue weighted by molar-refractivity contribution is 5.98. The van der Waals surface area contributed by atoms with E-state index < -0.39 is 0 Å². The van der Waals surface area contributed by atoms with Crippen molar-refractivity contribution in [2.45, 2.75) is 55.4 Å². The molecule has 0 heterocycles. The van der Waals surface area contributed by atoms with Gasteiger partial charge in [-0.1, -0.05) is 50.3 Å². The van der Waals surface area contributed by atoms with Gasteiger partial charge in [-0.25, -0.2) is 0 Å². The van der Waals surface area contributed by atoms with Gasteiger partial charge in [-0.05, 0) is 92.5 Å². The second-order valence-corrected chi connectivity index (χ2v) is 8.09. The zero-order valence-electron chi connectivity index (χ0n) is 19.5. The van der Waals surface area contributed by atoms with Crippen molar-refractivity contribution in [3.05, 3.63) is 81.6 Å². The van der Waals surface area contributed by atoms with E-state index in [4.69, 9.17) is 0 Å². The molecule has 0 fully saturated rings. The van der Waals surface area contributed by atoms with Gasteiger partial charge >= 0.3 is 0 Å². The predicted octanol–water partition coefficient (Wildman–Crippen LogP) is 7.17. The van der Waals surface area contributed by atoms with Crippen LogP contribution < -0.4 is 0 Å². The fraction of sp³-hybridized carbons (Fsp3) is 0.370. The highest BCUT2D eigenvalue weighted by atomic mass is 16.2. The first-order chi connectivity index (χ1) is 13.6. The van der Waals surface area contributed by atoms with Gasteiger partial charge in [0.25, 0.3) is 5.91 Å². The molecule has 0 spiro atoms. The zero-order chi connectivity index (χ0) is 21.9. The number of nitrogens with zero attached hydrogens (tertiary/aromatic N) is 1. The van der Waals surface area contributed by atoms with Gasteiger partial charge in [-0.15, -0.1) is 0 Å². The summed E-state index contributed by atoms with van der Waals surface area (Å²) >= 11 is 0. The van der Waals surface area contributed by atoms with Crippen molar-refractivity contribution < 1.29 is 4.79 Å². The Kier molecular flexibility index (Phi) is 7.24. The summed E-state index contributed by atoms with van der Waals surface area (Å²) in [5.74, 6) is 0.391. The van der Waals surface area contributed by atoms with Crippen molar-refractivity contribution in [2.75, 3.05) is 7.05 Å². The van der Waals surface area contributed by atoms with E-state index in [2.05, 4.69) is 71.9 Å². The van der Waals surface area contributed by atoms with Crippen molar-refractivity contribution in [3.63, 3.8) is 0 Å².